The van der Waals surface area contributed by atoms with Gasteiger partial charge in [0.1, 0.15) is 11.5 Å². The van der Waals surface area contributed by atoms with Gasteiger partial charge in [0.15, 0.2) is 5.78 Å². The molecule has 2 aromatic rings. The third-order valence-electron chi connectivity index (χ3n) is 3.83. The number of alkyl halides is 1. The molecule has 0 amide bonds. The van der Waals surface area contributed by atoms with Crippen molar-refractivity contribution in [3.8, 4) is 11.5 Å². The van der Waals surface area contributed by atoms with Gasteiger partial charge in [0.05, 0.1) is 11.1 Å². The fourth-order valence-corrected chi connectivity index (χ4v) is 2.86. The fraction of sp³-hybridized carbons (Fsp3) is 0.176. The van der Waals surface area contributed by atoms with E-state index in [1.165, 1.54) is 24.3 Å². The van der Waals surface area contributed by atoms with Crippen molar-refractivity contribution < 1.29 is 19.8 Å². The summed E-state index contributed by atoms with van der Waals surface area (Å²) in [6.07, 6.45) is 0. The molecule has 23 heavy (non-hydrogen) atoms. The summed E-state index contributed by atoms with van der Waals surface area (Å²) < 4.78 is 0. The number of hydrogen-bond donors (Lipinski definition) is 3. The molecule has 0 radical (unpaired) electrons. The van der Waals surface area contributed by atoms with Gasteiger partial charge in [-0.05, 0) is 12.1 Å². The van der Waals surface area contributed by atoms with Crippen LogP contribution in [0.5, 0.6) is 11.5 Å². The number of phenols is 2. The summed E-state index contributed by atoms with van der Waals surface area (Å²) in [6.45, 7) is 0.871. The van der Waals surface area contributed by atoms with E-state index in [1.54, 1.807) is 6.07 Å². The molecule has 0 bridgehead atoms. The minimum Gasteiger partial charge on any atom is -0.507 e. The van der Waals surface area contributed by atoms with E-state index in [0.29, 0.717) is 24.5 Å². The van der Waals surface area contributed by atoms with E-state index in [-0.39, 0.29) is 39.5 Å². The van der Waals surface area contributed by atoms with Crippen LogP contribution in [0.2, 0.25) is 0 Å². The van der Waals surface area contributed by atoms with Gasteiger partial charge in [0.25, 0.3) is 0 Å². The molecule has 0 unspecified atom stereocenters. The van der Waals surface area contributed by atoms with Crippen molar-refractivity contribution in [1.82, 2.24) is 5.32 Å². The quantitative estimate of drug-likeness (QED) is 0.504. The maximum atomic E-state index is 12.7. The smallest absolute Gasteiger partial charge is 0.201 e. The normalized spacial score (nSPS) is 12.9. The molecule has 3 rings (SSSR count). The molecule has 118 valence electrons. The van der Waals surface area contributed by atoms with E-state index >= 15 is 0 Å². The van der Waals surface area contributed by atoms with Crippen molar-refractivity contribution in [2.75, 3.05) is 12.4 Å². The summed E-state index contributed by atoms with van der Waals surface area (Å²) in [5.74, 6) is -1.02. The van der Waals surface area contributed by atoms with Crippen LogP contribution >= 0.6 is 11.6 Å². The molecule has 1 aliphatic carbocycles. The zero-order valence-electron chi connectivity index (χ0n) is 12.1. The summed E-state index contributed by atoms with van der Waals surface area (Å²) in [5.41, 5.74) is 0.663. The first kappa shape index (κ1) is 15.5. The van der Waals surface area contributed by atoms with E-state index < -0.39 is 5.78 Å². The maximum absolute atomic E-state index is 12.7. The molecule has 0 heterocycles. The van der Waals surface area contributed by atoms with E-state index in [4.69, 9.17) is 11.6 Å². The first-order valence-corrected chi connectivity index (χ1v) is 7.62. The topological polar surface area (TPSA) is 86.6 Å². The summed E-state index contributed by atoms with van der Waals surface area (Å²) in [7, 11) is 0. The number of carbonyl (C=O) groups is 2. The van der Waals surface area contributed by atoms with Gasteiger partial charge < -0.3 is 15.5 Å². The van der Waals surface area contributed by atoms with E-state index in [0.717, 1.165) is 0 Å². The van der Waals surface area contributed by atoms with Crippen molar-refractivity contribution >= 4 is 23.2 Å². The number of carbonyl (C=O) groups excluding carboxylic acids is 2. The Balaban J connectivity index is 2.11. The van der Waals surface area contributed by atoms with E-state index in [1.807, 2.05) is 0 Å². The van der Waals surface area contributed by atoms with Crippen molar-refractivity contribution in [3.05, 3.63) is 58.1 Å². The van der Waals surface area contributed by atoms with Crippen molar-refractivity contribution in [3.63, 3.8) is 0 Å². The molecule has 0 saturated carbocycles. The number of ketones is 2. The van der Waals surface area contributed by atoms with Gasteiger partial charge in [-0.1, -0.05) is 18.2 Å². The Hall–Kier alpha value is -2.37. The predicted molar refractivity (Wildman–Crippen MR) is 85.5 cm³/mol. The average Bonchev–Trinajstić information content (AvgIpc) is 2.54. The lowest BCUT2D eigenvalue weighted by Crippen LogP contribution is -2.22. The molecule has 0 saturated heterocycles. The number of rotatable bonds is 4. The van der Waals surface area contributed by atoms with Crippen LogP contribution in [-0.4, -0.2) is 34.2 Å². The van der Waals surface area contributed by atoms with Crippen LogP contribution in [0.3, 0.4) is 0 Å². The molecular formula is C17H14ClNO4. The van der Waals surface area contributed by atoms with Gasteiger partial charge >= 0.3 is 0 Å². The summed E-state index contributed by atoms with van der Waals surface area (Å²) in [5, 5.41) is 23.4. The third kappa shape index (κ3) is 2.48. The average molecular weight is 332 g/mol. The van der Waals surface area contributed by atoms with Gasteiger partial charge in [-0.25, -0.2) is 0 Å². The predicted octanol–water partition coefficient (Wildman–Crippen LogP) is 2.20. The Bertz CT molecular complexity index is 816. The van der Waals surface area contributed by atoms with Crippen LogP contribution in [0.1, 0.15) is 37.4 Å². The molecule has 0 fully saturated rings. The summed E-state index contributed by atoms with van der Waals surface area (Å²) in [4.78, 5) is 25.2. The second-order valence-electron chi connectivity index (χ2n) is 5.22. The fourth-order valence-electron chi connectivity index (χ4n) is 2.72. The van der Waals surface area contributed by atoms with Crippen LogP contribution in [0.4, 0.5) is 0 Å². The molecule has 0 atom stereocenters. The second kappa shape index (κ2) is 6.02. The number of phenolic OH excluding ortho intramolecular Hbond substituents is 2. The lowest BCUT2D eigenvalue weighted by atomic mass is 9.82. The number of aromatic hydroxyl groups is 2. The number of nitrogens with one attached hydrogen (secondary N) is 1. The SMILES string of the molecule is O=C1c2cccc(O)c2C(=O)c2c1ccc(CNCCCl)c2O. The summed E-state index contributed by atoms with van der Waals surface area (Å²) in [6, 6.07) is 7.48. The van der Waals surface area contributed by atoms with Crippen molar-refractivity contribution in [1.29, 1.82) is 0 Å². The molecule has 1 aliphatic rings. The van der Waals surface area contributed by atoms with Crippen LogP contribution < -0.4 is 5.32 Å². The van der Waals surface area contributed by atoms with Crippen LogP contribution in [0.15, 0.2) is 30.3 Å². The molecular weight excluding hydrogens is 318 g/mol. The maximum Gasteiger partial charge on any atom is 0.201 e. The molecule has 0 spiro atoms. The zero-order valence-corrected chi connectivity index (χ0v) is 12.9. The highest BCUT2D eigenvalue weighted by Gasteiger charge is 2.34. The largest absolute Gasteiger partial charge is 0.507 e. The Morgan fingerprint density at radius 2 is 1.70 bits per heavy atom. The number of hydrogen-bond acceptors (Lipinski definition) is 5. The number of fused-ring (bicyclic) bond motifs is 2. The zero-order chi connectivity index (χ0) is 16.6. The van der Waals surface area contributed by atoms with Crippen molar-refractivity contribution in [2.45, 2.75) is 6.54 Å². The van der Waals surface area contributed by atoms with Crippen LogP contribution in [0, 0.1) is 0 Å². The first-order chi connectivity index (χ1) is 11.1. The highest BCUT2D eigenvalue weighted by Crippen LogP contribution is 2.37. The number of benzene rings is 2. The minimum atomic E-state index is -0.551. The van der Waals surface area contributed by atoms with Gasteiger partial charge in [0, 0.05) is 35.7 Å². The van der Waals surface area contributed by atoms with Gasteiger partial charge in [-0.15, -0.1) is 11.6 Å². The first-order valence-electron chi connectivity index (χ1n) is 7.09. The monoisotopic (exact) mass is 331 g/mol. The van der Waals surface area contributed by atoms with Gasteiger partial charge in [-0.2, -0.15) is 0 Å². The summed E-state index contributed by atoms with van der Waals surface area (Å²) >= 11 is 5.59. The second-order valence-corrected chi connectivity index (χ2v) is 5.60. The Morgan fingerprint density at radius 1 is 0.957 bits per heavy atom. The Labute approximate surface area is 137 Å². The molecule has 0 aliphatic heterocycles. The lowest BCUT2D eigenvalue weighted by Gasteiger charge is -2.20. The lowest BCUT2D eigenvalue weighted by molar-refractivity contribution is 0.0974. The Kier molecular flexibility index (Phi) is 4.07. The highest BCUT2D eigenvalue weighted by atomic mass is 35.5. The minimum absolute atomic E-state index is 0.0610. The highest BCUT2D eigenvalue weighted by molar-refractivity contribution is 6.30. The Morgan fingerprint density at radius 3 is 2.43 bits per heavy atom. The van der Waals surface area contributed by atoms with Gasteiger partial charge in [0.2, 0.25) is 5.78 Å². The molecule has 2 aromatic carbocycles. The standard InChI is InChI=1S/C17H14ClNO4/c18-6-7-19-8-9-4-5-11-14(15(9)21)17(23)13-10(16(11)22)2-1-3-12(13)20/h1-5,19-21H,6-8H2. The molecule has 3 N–H and O–H groups in total. The molecule has 0 aromatic heterocycles. The van der Waals surface area contributed by atoms with E-state index in [9.17, 15) is 19.8 Å². The molecule has 5 nitrogen and oxygen atoms in total. The van der Waals surface area contributed by atoms with Crippen LogP contribution in [-0.2, 0) is 6.54 Å². The van der Waals surface area contributed by atoms with Crippen LogP contribution in [0.25, 0.3) is 0 Å². The number of halogens is 1. The van der Waals surface area contributed by atoms with Gasteiger partial charge in [-0.3, -0.25) is 9.59 Å². The van der Waals surface area contributed by atoms with E-state index in [2.05, 4.69) is 5.32 Å². The van der Waals surface area contributed by atoms with Crippen molar-refractivity contribution in [2.24, 2.45) is 0 Å². The molecule has 6 heteroatoms. The third-order valence-corrected chi connectivity index (χ3v) is 4.02.